The zero-order valence-electron chi connectivity index (χ0n) is 9.84. The highest BCUT2D eigenvalue weighted by molar-refractivity contribution is 7.10. The molecule has 2 unspecified atom stereocenters. The minimum absolute atomic E-state index is 0.695. The molecule has 3 heteroatoms. The summed E-state index contributed by atoms with van der Waals surface area (Å²) in [5.41, 5.74) is 0. The van der Waals surface area contributed by atoms with Crippen LogP contribution in [0.4, 0.5) is 0 Å². The third-order valence-corrected chi connectivity index (χ3v) is 5.04. The van der Waals surface area contributed by atoms with Crippen LogP contribution in [0.3, 0.4) is 0 Å². The van der Waals surface area contributed by atoms with Crippen molar-refractivity contribution in [1.29, 1.82) is 0 Å². The molecule has 1 N–H and O–H groups in total. The first-order chi connectivity index (χ1) is 7.83. The lowest BCUT2D eigenvalue weighted by atomic mass is 9.78. The molecule has 0 bridgehead atoms. The van der Waals surface area contributed by atoms with Gasteiger partial charge in [0.2, 0.25) is 0 Å². The predicted molar refractivity (Wildman–Crippen MR) is 72.6 cm³/mol. The summed E-state index contributed by atoms with van der Waals surface area (Å²) in [4.78, 5) is 1.42. The molecule has 1 aromatic rings. The summed E-state index contributed by atoms with van der Waals surface area (Å²) in [5, 5.41) is 6.60. The number of rotatable bonds is 4. The van der Waals surface area contributed by atoms with E-state index in [4.69, 9.17) is 11.6 Å². The lowest BCUT2D eigenvalue weighted by Gasteiger charge is -2.31. The highest BCUT2D eigenvalue weighted by Crippen LogP contribution is 2.42. The van der Waals surface area contributed by atoms with Crippen molar-refractivity contribution in [1.82, 2.24) is 5.32 Å². The van der Waals surface area contributed by atoms with Crippen molar-refractivity contribution in [3.05, 3.63) is 21.3 Å². The SMILES string of the molecule is CCNCC1CCCCC1c1sccc1Cl. The van der Waals surface area contributed by atoms with Gasteiger partial charge in [0, 0.05) is 4.88 Å². The minimum Gasteiger partial charge on any atom is -0.317 e. The highest BCUT2D eigenvalue weighted by Gasteiger charge is 2.28. The van der Waals surface area contributed by atoms with E-state index in [-0.39, 0.29) is 0 Å². The van der Waals surface area contributed by atoms with Gasteiger partial charge in [-0.1, -0.05) is 31.4 Å². The number of hydrogen-bond acceptors (Lipinski definition) is 2. The lowest BCUT2D eigenvalue weighted by Crippen LogP contribution is -2.29. The molecule has 2 atom stereocenters. The Morgan fingerprint density at radius 2 is 2.25 bits per heavy atom. The van der Waals surface area contributed by atoms with Crippen LogP contribution in [0.5, 0.6) is 0 Å². The highest BCUT2D eigenvalue weighted by atomic mass is 35.5. The van der Waals surface area contributed by atoms with Gasteiger partial charge in [-0.2, -0.15) is 0 Å². The van der Waals surface area contributed by atoms with Gasteiger partial charge in [-0.3, -0.25) is 0 Å². The van der Waals surface area contributed by atoms with Crippen LogP contribution < -0.4 is 5.32 Å². The molecular formula is C13H20ClNS. The minimum atomic E-state index is 0.695. The third kappa shape index (κ3) is 2.79. The Kier molecular flexibility index (Phi) is 4.68. The molecule has 1 saturated carbocycles. The van der Waals surface area contributed by atoms with Crippen molar-refractivity contribution in [2.45, 2.75) is 38.5 Å². The molecular weight excluding hydrogens is 238 g/mol. The Labute approximate surface area is 107 Å². The topological polar surface area (TPSA) is 12.0 Å². The second-order valence-corrected chi connectivity index (χ2v) is 5.95. The molecule has 1 aliphatic rings. The van der Waals surface area contributed by atoms with Crippen LogP contribution >= 0.6 is 22.9 Å². The van der Waals surface area contributed by atoms with E-state index >= 15 is 0 Å². The van der Waals surface area contributed by atoms with Gasteiger partial charge in [0.1, 0.15) is 0 Å². The Bertz CT molecular complexity index is 323. The summed E-state index contributed by atoms with van der Waals surface area (Å²) in [6.45, 7) is 4.40. The van der Waals surface area contributed by atoms with Gasteiger partial charge in [-0.05, 0) is 49.2 Å². The number of thiophene rings is 1. The van der Waals surface area contributed by atoms with E-state index in [1.807, 2.05) is 17.4 Å². The van der Waals surface area contributed by atoms with E-state index in [0.29, 0.717) is 5.92 Å². The second kappa shape index (κ2) is 6.04. The molecule has 1 aliphatic carbocycles. The van der Waals surface area contributed by atoms with Crippen LogP contribution in [0, 0.1) is 5.92 Å². The standard InChI is InChI=1S/C13H20ClNS/c1-2-15-9-10-5-3-4-6-11(10)13-12(14)7-8-16-13/h7-8,10-11,15H,2-6,9H2,1H3. The molecule has 0 radical (unpaired) electrons. The van der Waals surface area contributed by atoms with Gasteiger partial charge in [-0.25, -0.2) is 0 Å². The largest absolute Gasteiger partial charge is 0.317 e. The molecule has 0 spiro atoms. The lowest BCUT2D eigenvalue weighted by molar-refractivity contribution is 0.300. The Balaban J connectivity index is 2.07. The number of halogens is 1. The fourth-order valence-corrected chi connectivity index (χ4v) is 4.12. The fourth-order valence-electron chi connectivity index (χ4n) is 2.70. The van der Waals surface area contributed by atoms with Crippen molar-refractivity contribution >= 4 is 22.9 Å². The molecule has 1 nitrogen and oxygen atoms in total. The van der Waals surface area contributed by atoms with Crippen molar-refractivity contribution in [3.8, 4) is 0 Å². The third-order valence-electron chi connectivity index (χ3n) is 3.55. The molecule has 0 aliphatic heterocycles. The van der Waals surface area contributed by atoms with Crippen molar-refractivity contribution < 1.29 is 0 Å². The van der Waals surface area contributed by atoms with E-state index in [1.54, 1.807) is 0 Å². The van der Waals surface area contributed by atoms with Crippen LogP contribution in [-0.4, -0.2) is 13.1 Å². The van der Waals surface area contributed by atoms with Crippen molar-refractivity contribution in [2.75, 3.05) is 13.1 Å². The van der Waals surface area contributed by atoms with Gasteiger partial charge in [0.15, 0.2) is 0 Å². The van der Waals surface area contributed by atoms with Gasteiger partial charge in [0.05, 0.1) is 5.02 Å². The normalized spacial score (nSPS) is 25.9. The smallest absolute Gasteiger partial charge is 0.0547 e. The summed E-state index contributed by atoms with van der Waals surface area (Å²) in [6, 6.07) is 2.04. The zero-order chi connectivity index (χ0) is 11.4. The molecule has 1 heterocycles. The predicted octanol–water partition coefficient (Wildman–Crippen LogP) is 4.28. The van der Waals surface area contributed by atoms with Crippen LogP contribution in [-0.2, 0) is 0 Å². The monoisotopic (exact) mass is 257 g/mol. The zero-order valence-corrected chi connectivity index (χ0v) is 11.4. The van der Waals surface area contributed by atoms with Crippen LogP contribution in [0.1, 0.15) is 43.4 Å². The van der Waals surface area contributed by atoms with E-state index in [9.17, 15) is 0 Å². The molecule has 2 rings (SSSR count). The number of nitrogens with one attached hydrogen (secondary N) is 1. The summed E-state index contributed by atoms with van der Waals surface area (Å²) < 4.78 is 0. The van der Waals surface area contributed by atoms with E-state index in [2.05, 4.69) is 17.6 Å². The van der Waals surface area contributed by atoms with Crippen LogP contribution in [0.15, 0.2) is 11.4 Å². The molecule has 90 valence electrons. The van der Waals surface area contributed by atoms with E-state index in [1.165, 1.54) is 30.6 Å². The first kappa shape index (κ1) is 12.4. The van der Waals surface area contributed by atoms with E-state index < -0.39 is 0 Å². The molecule has 1 aromatic heterocycles. The Hall–Kier alpha value is -0.0500. The summed E-state index contributed by atoms with van der Waals surface area (Å²) in [7, 11) is 0. The van der Waals surface area contributed by atoms with Gasteiger partial charge < -0.3 is 5.32 Å². The number of hydrogen-bond donors (Lipinski definition) is 1. The maximum absolute atomic E-state index is 6.26. The van der Waals surface area contributed by atoms with Gasteiger partial charge >= 0.3 is 0 Å². The second-order valence-electron chi connectivity index (χ2n) is 4.59. The van der Waals surface area contributed by atoms with Crippen LogP contribution in [0.25, 0.3) is 0 Å². The molecule has 1 fully saturated rings. The first-order valence-electron chi connectivity index (χ1n) is 6.26. The maximum Gasteiger partial charge on any atom is 0.0547 e. The summed E-state index contributed by atoms with van der Waals surface area (Å²) in [5.74, 6) is 1.48. The van der Waals surface area contributed by atoms with Crippen LogP contribution in [0.2, 0.25) is 5.02 Å². The summed E-state index contributed by atoms with van der Waals surface area (Å²) in [6.07, 6.45) is 5.42. The molecule has 16 heavy (non-hydrogen) atoms. The fraction of sp³-hybridized carbons (Fsp3) is 0.692. The van der Waals surface area contributed by atoms with Crippen molar-refractivity contribution in [2.24, 2.45) is 5.92 Å². The Morgan fingerprint density at radius 1 is 1.44 bits per heavy atom. The maximum atomic E-state index is 6.26. The Morgan fingerprint density at radius 3 is 2.94 bits per heavy atom. The van der Waals surface area contributed by atoms with Gasteiger partial charge in [-0.15, -0.1) is 11.3 Å². The van der Waals surface area contributed by atoms with Crippen molar-refractivity contribution in [3.63, 3.8) is 0 Å². The van der Waals surface area contributed by atoms with E-state index in [0.717, 1.165) is 24.0 Å². The average Bonchev–Trinajstić information content (AvgIpc) is 2.73. The quantitative estimate of drug-likeness (QED) is 0.849. The average molecular weight is 258 g/mol. The molecule has 0 amide bonds. The first-order valence-corrected chi connectivity index (χ1v) is 7.52. The summed E-state index contributed by atoms with van der Waals surface area (Å²) >= 11 is 8.10. The molecule has 0 saturated heterocycles. The molecule has 0 aromatic carbocycles. The van der Waals surface area contributed by atoms with Gasteiger partial charge in [0.25, 0.3) is 0 Å².